The van der Waals surface area contributed by atoms with Gasteiger partial charge in [-0.15, -0.1) is 15.8 Å². The standard InChI is InChI=1S/C49H55N2OSi/c1-32(2)53(33(3)4,34(5)6)24-23-42-43-25-37-15-11-13-17-39(37)27-45(43)47(46-28-40-18-14-12-16-38(40)26-44(42)46)36-21-19-35(20-22-36)31-50-41-29-48(7,8)51(52)49(9,10)30-41/h11-22,25-28,31-34,41H,29-30H2,1-10H3. The van der Waals surface area contributed by atoms with Crippen molar-refractivity contribution in [3.8, 4) is 22.6 Å². The summed E-state index contributed by atoms with van der Waals surface area (Å²) in [5.41, 5.74) is 9.50. The first kappa shape index (κ1) is 37.1. The van der Waals surface area contributed by atoms with Crippen LogP contribution in [0.15, 0.2) is 102 Å². The minimum absolute atomic E-state index is 0.108. The fraction of sp³-hybridized carbons (Fsp3) is 0.367. The Morgan fingerprint density at radius 3 is 1.49 bits per heavy atom. The molecule has 0 amide bonds. The van der Waals surface area contributed by atoms with Gasteiger partial charge in [0.2, 0.25) is 0 Å². The summed E-state index contributed by atoms with van der Waals surface area (Å²) in [5.74, 6) is 3.97. The fourth-order valence-electron chi connectivity index (χ4n) is 9.89. The van der Waals surface area contributed by atoms with Gasteiger partial charge in [-0.1, -0.05) is 120 Å². The lowest BCUT2D eigenvalue weighted by molar-refractivity contribution is -0.288. The van der Waals surface area contributed by atoms with E-state index in [1.54, 1.807) is 0 Å². The number of hydrogen-bond donors (Lipinski definition) is 0. The van der Waals surface area contributed by atoms with E-state index in [-0.39, 0.29) is 6.04 Å². The van der Waals surface area contributed by atoms with Crippen molar-refractivity contribution >= 4 is 57.4 Å². The molecular weight excluding hydrogens is 661 g/mol. The third-order valence-corrected chi connectivity index (χ3v) is 18.6. The molecule has 0 bridgehead atoms. The molecule has 0 unspecified atom stereocenters. The van der Waals surface area contributed by atoms with Gasteiger partial charge in [0.25, 0.3) is 0 Å². The number of benzene rings is 6. The van der Waals surface area contributed by atoms with Crippen molar-refractivity contribution in [3.63, 3.8) is 0 Å². The summed E-state index contributed by atoms with van der Waals surface area (Å²) in [6, 6.07) is 36.0. The molecule has 0 aliphatic carbocycles. The molecule has 53 heavy (non-hydrogen) atoms. The van der Waals surface area contributed by atoms with Crippen LogP contribution < -0.4 is 0 Å². The average molecular weight is 716 g/mol. The zero-order chi connectivity index (χ0) is 37.9. The molecule has 1 radical (unpaired) electrons. The van der Waals surface area contributed by atoms with E-state index in [1.165, 1.54) is 59.3 Å². The van der Waals surface area contributed by atoms with E-state index < -0.39 is 19.2 Å². The Balaban J connectivity index is 1.45. The van der Waals surface area contributed by atoms with E-state index in [0.717, 1.165) is 24.0 Å². The molecule has 1 aliphatic rings. The van der Waals surface area contributed by atoms with Gasteiger partial charge in [0, 0.05) is 22.9 Å². The molecule has 271 valence electrons. The van der Waals surface area contributed by atoms with Crippen LogP contribution in [0.3, 0.4) is 0 Å². The summed E-state index contributed by atoms with van der Waals surface area (Å²) in [7, 11) is -2.01. The second-order valence-corrected chi connectivity index (χ2v) is 23.3. The van der Waals surface area contributed by atoms with E-state index in [2.05, 4.69) is 150 Å². The molecule has 1 fully saturated rings. The lowest BCUT2D eigenvalue weighted by Crippen LogP contribution is -2.59. The molecule has 1 heterocycles. The number of piperidine rings is 1. The number of rotatable bonds is 6. The molecular formula is C49H55N2OSi. The number of fused-ring (bicyclic) bond motifs is 4. The number of hydrogen-bond acceptors (Lipinski definition) is 2. The smallest absolute Gasteiger partial charge is 0.146 e. The summed E-state index contributed by atoms with van der Waals surface area (Å²) in [5, 5.41) is 24.0. The SMILES string of the molecule is CC(C)[Si](C#Cc1c2cc3ccccc3cc2c(-c2ccc(C=NC3CC(C)(C)N([O])C(C)(C)C3)cc2)c2cc3ccccc3cc12)(C(C)C)C(C)C. The number of nitrogens with zero attached hydrogens (tertiary/aromatic N) is 2. The largest absolute Gasteiger partial charge is 0.289 e. The van der Waals surface area contributed by atoms with Gasteiger partial charge in [-0.25, -0.2) is 0 Å². The van der Waals surface area contributed by atoms with Gasteiger partial charge in [0.1, 0.15) is 8.07 Å². The van der Waals surface area contributed by atoms with Crippen LogP contribution in [-0.4, -0.2) is 36.5 Å². The Kier molecular flexibility index (Phi) is 9.69. The van der Waals surface area contributed by atoms with Crippen LogP contribution in [0.4, 0.5) is 0 Å². The predicted octanol–water partition coefficient (Wildman–Crippen LogP) is 13.3. The van der Waals surface area contributed by atoms with Crippen LogP contribution in [0.5, 0.6) is 0 Å². The van der Waals surface area contributed by atoms with Gasteiger partial charge < -0.3 is 0 Å². The Morgan fingerprint density at radius 2 is 1.08 bits per heavy atom. The molecule has 4 heteroatoms. The van der Waals surface area contributed by atoms with Crippen LogP contribution in [0, 0.1) is 11.5 Å². The van der Waals surface area contributed by atoms with Crippen LogP contribution >= 0.6 is 0 Å². The third kappa shape index (κ3) is 6.63. The minimum Gasteiger partial charge on any atom is -0.289 e. The second kappa shape index (κ2) is 13.9. The summed E-state index contributed by atoms with van der Waals surface area (Å²) in [6.07, 6.45) is 3.50. The van der Waals surface area contributed by atoms with Gasteiger partial charge >= 0.3 is 0 Å². The Labute approximate surface area is 318 Å². The lowest BCUT2D eigenvalue weighted by Gasteiger charge is -2.48. The molecule has 3 nitrogen and oxygen atoms in total. The second-order valence-electron chi connectivity index (χ2n) is 17.8. The van der Waals surface area contributed by atoms with Crippen molar-refractivity contribution in [2.75, 3.05) is 0 Å². The van der Waals surface area contributed by atoms with Crippen LogP contribution in [0.25, 0.3) is 54.2 Å². The highest BCUT2D eigenvalue weighted by molar-refractivity contribution is 6.90. The van der Waals surface area contributed by atoms with Crippen molar-refractivity contribution in [1.82, 2.24) is 5.06 Å². The monoisotopic (exact) mass is 715 g/mol. The summed E-state index contributed by atoms with van der Waals surface area (Å²) in [4.78, 5) is 5.04. The molecule has 1 saturated heterocycles. The van der Waals surface area contributed by atoms with E-state index in [9.17, 15) is 5.21 Å². The maximum atomic E-state index is 12.9. The van der Waals surface area contributed by atoms with Crippen molar-refractivity contribution in [2.24, 2.45) is 4.99 Å². The summed E-state index contributed by atoms with van der Waals surface area (Å²) >= 11 is 0. The van der Waals surface area contributed by atoms with E-state index in [4.69, 9.17) is 4.99 Å². The van der Waals surface area contributed by atoms with Crippen LogP contribution in [0.1, 0.15) is 93.2 Å². The van der Waals surface area contributed by atoms with Gasteiger partial charge in [-0.2, -0.15) is 0 Å². The molecule has 6 aromatic rings. The average Bonchev–Trinajstić information content (AvgIpc) is 3.11. The Bertz CT molecular complexity index is 2290. The van der Waals surface area contributed by atoms with E-state index >= 15 is 0 Å². The Morgan fingerprint density at radius 1 is 0.660 bits per heavy atom. The van der Waals surface area contributed by atoms with Crippen molar-refractivity contribution < 1.29 is 5.21 Å². The minimum atomic E-state index is -2.01. The van der Waals surface area contributed by atoms with Crippen molar-refractivity contribution in [1.29, 1.82) is 0 Å². The maximum absolute atomic E-state index is 12.9. The molecule has 1 aliphatic heterocycles. The molecule has 0 atom stereocenters. The van der Waals surface area contributed by atoms with Gasteiger partial charge in [0.05, 0.1) is 6.04 Å². The molecule has 0 N–H and O–H groups in total. The lowest BCUT2D eigenvalue weighted by atomic mass is 9.79. The predicted molar refractivity (Wildman–Crippen MR) is 231 cm³/mol. The first-order valence-electron chi connectivity index (χ1n) is 19.6. The van der Waals surface area contributed by atoms with Gasteiger partial charge in [-0.05, 0) is 141 Å². The van der Waals surface area contributed by atoms with E-state index in [1.807, 2.05) is 33.9 Å². The molecule has 6 aromatic carbocycles. The van der Waals surface area contributed by atoms with Gasteiger partial charge in [0.15, 0.2) is 0 Å². The Hall–Kier alpha value is -4.27. The summed E-state index contributed by atoms with van der Waals surface area (Å²) < 4.78 is 0. The fourth-order valence-corrected chi connectivity index (χ4v) is 15.1. The highest BCUT2D eigenvalue weighted by Gasteiger charge is 2.46. The van der Waals surface area contributed by atoms with Crippen molar-refractivity contribution in [3.05, 3.63) is 108 Å². The maximum Gasteiger partial charge on any atom is 0.146 e. The quantitative estimate of drug-likeness (QED) is 0.0732. The molecule has 7 rings (SSSR count). The summed E-state index contributed by atoms with van der Waals surface area (Å²) in [6.45, 7) is 22.5. The highest BCUT2D eigenvalue weighted by atomic mass is 28.3. The normalized spacial score (nSPS) is 16.9. The highest BCUT2D eigenvalue weighted by Crippen LogP contribution is 2.44. The van der Waals surface area contributed by atoms with Gasteiger partial charge in [-0.3, -0.25) is 4.99 Å². The third-order valence-electron chi connectivity index (χ3n) is 12.3. The van der Waals surface area contributed by atoms with Crippen LogP contribution in [-0.2, 0) is 5.21 Å². The van der Waals surface area contributed by atoms with Crippen molar-refractivity contribution in [2.45, 2.75) is 116 Å². The topological polar surface area (TPSA) is 35.5 Å². The molecule has 0 saturated carbocycles. The molecule has 0 aromatic heterocycles. The van der Waals surface area contributed by atoms with Crippen LogP contribution in [0.2, 0.25) is 16.6 Å². The molecule has 0 spiro atoms. The first-order valence-corrected chi connectivity index (χ1v) is 21.8. The zero-order valence-electron chi connectivity index (χ0n) is 33.3. The number of hydroxylamine groups is 2. The van der Waals surface area contributed by atoms with E-state index in [0.29, 0.717) is 16.6 Å². The zero-order valence-corrected chi connectivity index (χ0v) is 34.3. The number of aliphatic imine (C=N–C) groups is 1. The first-order chi connectivity index (χ1) is 25.1.